The molecule has 0 bridgehead atoms. The Hall–Kier alpha value is -0.430. The number of aliphatic hydroxyl groups excluding tert-OH is 1. The number of aliphatic hydroxyl groups is 1. The van der Waals surface area contributed by atoms with Crippen molar-refractivity contribution in [2.75, 3.05) is 13.2 Å². The first kappa shape index (κ1) is 14.6. The van der Waals surface area contributed by atoms with Crippen LogP contribution in [0.4, 0.5) is 0 Å². The molecule has 6 heteroatoms. The lowest BCUT2D eigenvalue weighted by Crippen LogP contribution is -2.42. The molecule has 0 aliphatic carbocycles. The van der Waals surface area contributed by atoms with E-state index < -0.39 is 10.0 Å². The molecule has 0 spiro atoms. The van der Waals surface area contributed by atoms with E-state index in [-0.39, 0.29) is 12.6 Å². The van der Waals surface area contributed by atoms with Crippen LogP contribution in [-0.2, 0) is 10.0 Å². The summed E-state index contributed by atoms with van der Waals surface area (Å²) in [5, 5.41) is 11.0. The molecule has 0 aromatic carbocycles. The Bertz CT molecular complexity index is 410. The Balaban J connectivity index is 3.06. The van der Waals surface area contributed by atoms with Gasteiger partial charge in [-0.2, -0.15) is 4.31 Å². The maximum atomic E-state index is 12.4. The molecular formula is C11H19NO3S2. The van der Waals surface area contributed by atoms with Crippen LogP contribution in [0.3, 0.4) is 0 Å². The summed E-state index contributed by atoms with van der Waals surface area (Å²) in [6.45, 7) is 4.12. The molecule has 0 saturated carbocycles. The van der Waals surface area contributed by atoms with Gasteiger partial charge in [0.25, 0.3) is 10.0 Å². The van der Waals surface area contributed by atoms with E-state index in [9.17, 15) is 13.5 Å². The first-order chi connectivity index (χ1) is 8.07. The van der Waals surface area contributed by atoms with Gasteiger partial charge in [0.2, 0.25) is 0 Å². The lowest BCUT2D eigenvalue weighted by molar-refractivity contribution is 0.183. The first-order valence-corrected chi connectivity index (χ1v) is 8.06. The summed E-state index contributed by atoms with van der Waals surface area (Å²) >= 11 is 1.21. The molecule has 98 valence electrons. The molecule has 1 aromatic rings. The summed E-state index contributed by atoms with van der Waals surface area (Å²) < 4.78 is 26.5. The third kappa shape index (κ3) is 3.28. The van der Waals surface area contributed by atoms with E-state index in [0.29, 0.717) is 17.2 Å². The fraction of sp³-hybridized carbons (Fsp3) is 0.636. The maximum absolute atomic E-state index is 12.4. The van der Waals surface area contributed by atoms with Gasteiger partial charge in [0.1, 0.15) is 4.21 Å². The fourth-order valence-electron chi connectivity index (χ4n) is 1.67. The summed E-state index contributed by atoms with van der Waals surface area (Å²) in [6.07, 6.45) is 1.35. The monoisotopic (exact) mass is 277 g/mol. The number of thiophene rings is 1. The predicted molar refractivity (Wildman–Crippen MR) is 69.7 cm³/mol. The van der Waals surface area contributed by atoms with E-state index in [1.165, 1.54) is 15.6 Å². The summed E-state index contributed by atoms with van der Waals surface area (Å²) in [6, 6.07) is 3.00. The van der Waals surface area contributed by atoms with E-state index in [1.807, 2.05) is 13.8 Å². The molecule has 1 N–H and O–H groups in total. The highest BCUT2D eigenvalue weighted by Gasteiger charge is 2.30. The van der Waals surface area contributed by atoms with Crippen LogP contribution in [0.15, 0.2) is 21.7 Å². The Labute approximate surface area is 107 Å². The third-order valence-electron chi connectivity index (χ3n) is 2.59. The van der Waals surface area contributed by atoms with Gasteiger partial charge in [-0.05, 0) is 24.3 Å². The van der Waals surface area contributed by atoms with Crippen molar-refractivity contribution in [1.29, 1.82) is 0 Å². The highest BCUT2D eigenvalue weighted by molar-refractivity contribution is 7.91. The normalized spacial score (nSPS) is 14.1. The second-order valence-electron chi connectivity index (χ2n) is 3.79. The maximum Gasteiger partial charge on any atom is 0.252 e. The first-order valence-electron chi connectivity index (χ1n) is 5.74. The van der Waals surface area contributed by atoms with Crippen molar-refractivity contribution in [2.24, 2.45) is 0 Å². The molecule has 0 aliphatic rings. The molecule has 0 radical (unpaired) electrons. The topological polar surface area (TPSA) is 57.6 Å². The molecule has 17 heavy (non-hydrogen) atoms. The van der Waals surface area contributed by atoms with Gasteiger partial charge in [0, 0.05) is 12.6 Å². The van der Waals surface area contributed by atoms with Crippen LogP contribution < -0.4 is 0 Å². The largest absolute Gasteiger partial charge is 0.395 e. The van der Waals surface area contributed by atoms with Crippen molar-refractivity contribution in [3.05, 3.63) is 17.5 Å². The summed E-state index contributed by atoms with van der Waals surface area (Å²) in [7, 11) is -3.45. The van der Waals surface area contributed by atoms with Crippen molar-refractivity contribution in [2.45, 2.75) is 36.9 Å². The lowest BCUT2D eigenvalue weighted by Gasteiger charge is -2.28. The van der Waals surface area contributed by atoms with Crippen LogP contribution in [0.2, 0.25) is 0 Å². The Morgan fingerprint density at radius 2 is 2.18 bits per heavy atom. The SMILES string of the molecule is CCCN(C(CC)CO)S(=O)(=O)c1cccs1. The van der Waals surface area contributed by atoms with Gasteiger partial charge in [0.05, 0.1) is 6.61 Å². The number of rotatable bonds is 7. The second kappa shape index (κ2) is 6.49. The zero-order valence-electron chi connectivity index (χ0n) is 10.2. The average Bonchev–Trinajstić information content (AvgIpc) is 2.83. The molecule has 1 atom stereocenters. The predicted octanol–water partition coefficient (Wildman–Crippen LogP) is 1.92. The highest BCUT2D eigenvalue weighted by Crippen LogP contribution is 2.23. The van der Waals surface area contributed by atoms with Crippen LogP contribution in [0.5, 0.6) is 0 Å². The van der Waals surface area contributed by atoms with Gasteiger partial charge in [-0.25, -0.2) is 8.42 Å². The molecule has 0 saturated heterocycles. The third-order valence-corrected chi connectivity index (χ3v) is 5.92. The van der Waals surface area contributed by atoms with Crippen molar-refractivity contribution in [1.82, 2.24) is 4.31 Å². The van der Waals surface area contributed by atoms with Crippen LogP contribution in [0.25, 0.3) is 0 Å². The molecule has 0 amide bonds. The molecule has 0 aliphatic heterocycles. The van der Waals surface area contributed by atoms with Gasteiger partial charge in [-0.1, -0.05) is 19.9 Å². The van der Waals surface area contributed by atoms with Gasteiger partial charge in [-0.3, -0.25) is 0 Å². The van der Waals surface area contributed by atoms with E-state index in [1.54, 1.807) is 17.5 Å². The van der Waals surface area contributed by atoms with Crippen LogP contribution in [0, 0.1) is 0 Å². The molecule has 1 unspecified atom stereocenters. The van der Waals surface area contributed by atoms with Gasteiger partial charge in [0.15, 0.2) is 0 Å². The van der Waals surface area contributed by atoms with E-state index in [4.69, 9.17) is 0 Å². The zero-order chi connectivity index (χ0) is 12.9. The van der Waals surface area contributed by atoms with E-state index >= 15 is 0 Å². The van der Waals surface area contributed by atoms with Gasteiger partial charge >= 0.3 is 0 Å². The summed E-state index contributed by atoms with van der Waals surface area (Å²) in [5.74, 6) is 0. The lowest BCUT2D eigenvalue weighted by atomic mass is 10.2. The number of sulfonamides is 1. The smallest absolute Gasteiger partial charge is 0.252 e. The summed E-state index contributed by atoms with van der Waals surface area (Å²) in [4.78, 5) is 0. The quantitative estimate of drug-likeness (QED) is 0.828. The fourth-order valence-corrected chi connectivity index (χ4v) is 4.57. The average molecular weight is 277 g/mol. The highest BCUT2D eigenvalue weighted by atomic mass is 32.2. The molecular weight excluding hydrogens is 258 g/mol. The van der Waals surface area contributed by atoms with Crippen LogP contribution >= 0.6 is 11.3 Å². The Kier molecular flexibility index (Phi) is 5.58. The van der Waals surface area contributed by atoms with Crippen LogP contribution in [0.1, 0.15) is 26.7 Å². The number of nitrogens with zero attached hydrogens (tertiary/aromatic N) is 1. The zero-order valence-corrected chi connectivity index (χ0v) is 11.8. The minimum atomic E-state index is -3.45. The number of hydrogen-bond acceptors (Lipinski definition) is 4. The summed E-state index contributed by atoms with van der Waals surface area (Å²) in [5.41, 5.74) is 0. The van der Waals surface area contributed by atoms with Gasteiger partial charge in [-0.15, -0.1) is 11.3 Å². The molecule has 1 rings (SSSR count). The van der Waals surface area contributed by atoms with Crippen molar-refractivity contribution >= 4 is 21.4 Å². The van der Waals surface area contributed by atoms with E-state index in [2.05, 4.69) is 0 Å². The Morgan fingerprint density at radius 1 is 1.47 bits per heavy atom. The minimum Gasteiger partial charge on any atom is -0.395 e. The van der Waals surface area contributed by atoms with E-state index in [0.717, 1.165) is 6.42 Å². The van der Waals surface area contributed by atoms with Crippen molar-refractivity contribution in [3.63, 3.8) is 0 Å². The molecule has 4 nitrogen and oxygen atoms in total. The standard InChI is InChI=1S/C11H19NO3S2/c1-3-7-12(10(4-2)9-13)17(14,15)11-6-5-8-16-11/h5-6,8,10,13H,3-4,7,9H2,1-2H3. The minimum absolute atomic E-state index is 0.138. The molecule has 0 fully saturated rings. The molecule has 1 aromatic heterocycles. The second-order valence-corrected chi connectivity index (χ2v) is 6.86. The number of hydrogen-bond donors (Lipinski definition) is 1. The van der Waals surface area contributed by atoms with Crippen molar-refractivity contribution < 1.29 is 13.5 Å². The molecule has 1 heterocycles. The van der Waals surface area contributed by atoms with Crippen molar-refractivity contribution in [3.8, 4) is 0 Å². The Morgan fingerprint density at radius 3 is 2.59 bits per heavy atom. The van der Waals surface area contributed by atoms with Gasteiger partial charge < -0.3 is 5.11 Å². The van der Waals surface area contributed by atoms with Crippen LogP contribution in [-0.4, -0.2) is 37.0 Å².